The highest BCUT2D eigenvalue weighted by Crippen LogP contribution is 2.50. The maximum atomic E-state index is 2.66. The van der Waals surface area contributed by atoms with E-state index in [1.807, 2.05) is 0 Å². The van der Waals surface area contributed by atoms with Gasteiger partial charge in [0.05, 0.1) is 0 Å². The Kier molecular flexibility index (Phi) is 37.0. The fourth-order valence-corrected chi connectivity index (χ4v) is 19.5. The Morgan fingerprint density at radius 3 is 0.937 bits per heavy atom. The number of piperidine rings is 2. The van der Waals surface area contributed by atoms with Crippen LogP contribution < -0.4 is 0 Å². The summed E-state index contributed by atoms with van der Waals surface area (Å²) < 4.78 is 0. The van der Waals surface area contributed by atoms with E-state index in [4.69, 9.17) is 0 Å². The largest absolute Gasteiger partial charge is 0.301 e. The third-order valence-corrected chi connectivity index (χ3v) is 27.2. The summed E-state index contributed by atoms with van der Waals surface area (Å²) in [7, 11) is 0. The Morgan fingerprint density at radius 1 is 0.242 bits per heavy atom. The van der Waals surface area contributed by atoms with Crippen molar-refractivity contribution in [1.82, 2.24) is 49.0 Å². The lowest BCUT2D eigenvalue weighted by Crippen LogP contribution is -2.61. The summed E-state index contributed by atoms with van der Waals surface area (Å²) in [5, 5.41) is 0. The van der Waals surface area contributed by atoms with Gasteiger partial charge in [-0.05, 0) is 331 Å². The van der Waals surface area contributed by atoms with Crippen molar-refractivity contribution in [3.8, 4) is 0 Å². The Morgan fingerprint density at radius 2 is 0.611 bits per heavy atom. The van der Waals surface area contributed by atoms with Gasteiger partial charge in [0, 0.05) is 146 Å². The van der Waals surface area contributed by atoms with Gasteiger partial charge in [0.1, 0.15) is 0 Å². The van der Waals surface area contributed by atoms with Crippen LogP contribution in [-0.2, 0) is 0 Å². The lowest BCUT2D eigenvalue weighted by atomic mass is 9.63. The first-order valence-corrected chi connectivity index (χ1v) is 41.6. The topological polar surface area (TPSA) is 32.4 Å². The predicted molar refractivity (Wildman–Crippen MR) is 420 cm³/mol. The molecule has 15 aliphatic rings. The van der Waals surface area contributed by atoms with Crippen LogP contribution in [0.2, 0.25) is 0 Å². The molecule has 0 radical (unpaired) electrons. The van der Waals surface area contributed by atoms with Crippen LogP contribution in [0, 0.1) is 51.8 Å². The van der Waals surface area contributed by atoms with Gasteiger partial charge in [0.25, 0.3) is 0 Å². The molecule has 0 amide bonds. The van der Waals surface area contributed by atoms with E-state index < -0.39 is 0 Å². The van der Waals surface area contributed by atoms with E-state index in [2.05, 4.69) is 187 Å². The second-order valence-corrected chi connectivity index (χ2v) is 37.3. The van der Waals surface area contributed by atoms with E-state index >= 15 is 0 Å². The second-order valence-electron chi connectivity index (χ2n) is 37.3. The van der Waals surface area contributed by atoms with E-state index in [0.29, 0.717) is 0 Å². The fraction of sp³-hybridized carbons (Fsp3) is 1.00. The zero-order valence-corrected chi connectivity index (χ0v) is 66.3. The summed E-state index contributed by atoms with van der Waals surface area (Å²) in [6, 6.07) is 7.81. The quantitative estimate of drug-likeness (QED) is 0.223. The minimum Gasteiger partial charge on any atom is -0.301 e. The molecule has 15 fully saturated rings. The van der Waals surface area contributed by atoms with Gasteiger partial charge in [-0.1, -0.05) is 73.6 Å². The minimum absolute atomic E-state index is 0. The molecule has 0 aromatic heterocycles. The van der Waals surface area contributed by atoms with Crippen molar-refractivity contribution in [3.63, 3.8) is 0 Å². The molecule has 0 aromatic rings. The molecule has 5 saturated carbocycles. The first-order valence-electron chi connectivity index (χ1n) is 41.6. The Labute approximate surface area is 596 Å². The molecule has 15 rings (SSSR count). The van der Waals surface area contributed by atoms with E-state index in [-0.39, 0.29) is 14.9 Å². The molecule has 7 unspecified atom stereocenters. The maximum absolute atomic E-state index is 2.66. The highest BCUT2D eigenvalue weighted by molar-refractivity contribution is 5.02. The van der Waals surface area contributed by atoms with Gasteiger partial charge in [0.15, 0.2) is 0 Å². The van der Waals surface area contributed by atoms with Gasteiger partial charge >= 0.3 is 0 Å². The minimum atomic E-state index is 0. The summed E-state index contributed by atoms with van der Waals surface area (Å²) in [5.41, 5.74) is 2.42. The van der Waals surface area contributed by atoms with E-state index in [1.54, 1.807) is 0 Å². The lowest BCUT2D eigenvalue weighted by molar-refractivity contribution is -0.0758. The highest BCUT2D eigenvalue weighted by atomic mass is 15.3. The van der Waals surface area contributed by atoms with Crippen LogP contribution >= 0.6 is 0 Å². The van der Waals surface area contributed by atoms with Crippen molar-refractivity contribution in [3.05, 3.63) is 0 Å². The van der Waals surface area contributed by atoms with Crippen LogP contribution in [0.3, 0.4) is 0 Å². The van der Waals surface area contributed by atoms with Gasteiger partial charge in [-0.2, -0.15) is 0 Å². The molecule has 10 saturated heterocycles. The molecule has 5 aliphatic carbocycles. The van der Waals surface area contributed by atoms with Crippen molar-refractivity contribution < 1.29 is 0 Å². The third-order valence-electron chi connectivity index (χ3n) is 27.2. The number of fused-ring (bicyclic) bond motifs is 4. The molecule has 0 N–H and O–H groups in total. The van der Waals surface area contributed by atoms with Crippen LogP contribution in [0.4, 0.5) is 0 Å². The number of hydrogen-bond donors (Lipinski definition) is 0. The first-order chi connectivity index (χ1) is 44.2. The average molecular weight is 1330 g/mol. The van der Waals surface area contributed by atoms with E-state index in [9.17, 15) is 0 Å². The SMILES string of the molecule is C.C.CC(C)N1CC2(CCC2)C1.CC(C)N1CC2(CCC2)C1.CC(C)N1CC2CCCC2C1.CC(C)N1CC2CCCC2C1.CC(C)N1CCC2(CCCC2)C1.CC(C)N1CCCCC1.CC(C)N1CCN2CCC1C2.CC1CCN(C(C)C)C1.CC1CCN(C(C)C)CC1. The van der Waals surface area contributed by atoms with Gasteiger partial charge in [-0.15, -0.1) is 0 Å². The van der Waals surface area contributed by atoms with Crippen molar-refractivity contribution in [1.29, 1.82) is 0 Å². The molecule has 0 aromatic carbocycles. The fourth-order valence-electron chi connectivity index (χ4n) is 19.5. The van der Waals surface area contributed by atoms with Crippen LogP contribution in [-0.4, -0.2) is 240 Å². The van der Waals surface area contributed by atoms with Crippen molar-refractivity contribution in [2.75, 3.05) is 131 Å². The number of rotatable bonds is 9. The number of nitrogens with zero attached hydrogens (tertiary/aromatic N) is 10. The third kappa shape index (κ3) is 26.4. The summed E-state index contributed by atoms with van der Waals surface area (Å²) in [5.74, 6) is 6.17. The molecule has 3 spiro atoms. The Bertz CT molecular complexity index is 1870. The van der Waals surface area contributed by atoms with Crippen molar-refractivity contribution in [2.24, 2.45) is 51.8 Å². The molecule has 10 nitrogen and oxygen atoms in total. The molecule has 562 valence electrons. The predicted octanol–water partition coefficient (Wildman–Crippen LogP) is 18.5. The monoisotopic (exact) mass is 1330 g/mol. The second kappa shape index (κ2) is 41.2. The zero-order chi connectivity index (χ0) is 67.6. The molecule has 7 atom stereocenters. The summed E-state index contributed by atoms with van der Waals surface area (Å²) in [6.45, 7) is 73.2. The van der Waals surface area contributed by atoms with E-state index in [1.165, 1.54) is 285 Å². The number of piperazine rings is 1. The zero-order valence-electron chi connectivity index (χ0n) is 66.3. The summed E-state index contributed by atoms with van der Waals surface area (Å²) in [4.78, 5) is 26.0. The Balaban J connectivity index is 0.000000193. The normalized spacial score (nSPS) is 31.0. The molecular formula is C85H172N10. The molecule has 10 heterocycles. The van der Waals surface area contributed by atoms with Crippen molar-refractivity contribution >= 4 is 0 Å². The average Bonchev–Trinajstić information content (AvgIpc) is 1.76. The number of likely N-dealkylation sites (tertiary alicyclic amines) is 8. The van der Waals surface area contributed by atoms with E-state index in [0.717, 1.165) is 112 Å². The summed E-state index contributed by atoms with van der Waals surface area (Å²) in [6.07, 6.45) is 35.4. The van der Waals surface area contributed by atoms with Gasteiger partial charge < -0.3 is 34.3 Å². The smallest absolute Gasteiger partial charge is 0.0238 e. The molecule has 10 aliphatic heterocycles. The van der Waals surface area contributed by atoms with Gasteiger partial charge in [-0.3, -0.25) is 14.7 Å². The molecule has 95 heavy (non-hydrogen) atoms. The molecule has 10 heteroatoms. The standard InChI is InChI=1S/C11H21N.2C10H19N.C9H18N2.2C9H17N.C9H19N.2C8H17N.2CH4/c1-10(2)12-8-7-11(9-12)5-3-4-6-11;2*1-8(2)11-6-9-4-3-5-10(9)7-11;1-8(2)11-6-5-10-4-3-9(11)7-10;2*1-8(2)10-6-9(7-10)4-3-5-9;1-8(2)10-6-4-9(3)5-7-10;1-7(2)9-5-4-8(3)6-9;1-8(2)9-6-4-3-5-7-9;;/h10H,3-9H2,1-2H3;2*8-10H,3-7H2,1-2H3;8-9H,3-7H2,1-2H3;2*8H,3-7H2,1-2H3;8-9H,4-7H2,1-3H3;7-8H,4-6H2,1-3H3;8H,3-7H2,1-2H3;2*1H4. The van der Waals surface area contributed by atoms with Crippen LogP contribution in [0.1, 0.15) is 307 Å². The van der Waals surface area contributed by atoms with Gasteiger partial charge in [0.2, 0.25) is 0 Å². The van der Waals surface area contributed by atoms with Gasteiger partial charge in [-0.25, -0.2) is 0 Å². The maximum Gasteiger partial charge on any atom is 0.0238 e. The van der Waals surface area contributed by atoms with Crippen LogP contribution in [0.5, 0.6) is 0 Å². The van der Waals surface area contributed by atoms with Crippen LogP contribution in [0.15, 0.2) is 0 Å². The Hall–Kier alpha value is -0.400. The number of hydrogen-bond acceptors (Lipinski definition) is 10. The van der Waals surface area contributed by atoms with Crippen LogP contribution in [0.25, 0.3) is 0 Å². The first kappa shape index (κ1) is 85.2. The molecular weight excluding hydrogens is 1160 g/mol. The summed E-state index contributed by atoms with van der Waals surface area (Å²) >= 11 is 0. The lowest BCUT2D eigenvalue weighted by Gasteiger charge is -2.57. The van der Waals surface area contributed by atoms with Crippen molar-refractivity contribution in [2.45, 2.75) is 368 Å². The molecule has 2 bridgehead atoms. The highest BCUT2D eigenvalue weighted by Gasteiger charge is 2.49.